The van der Waals surface area contributed by atoms with Crippen molar-refractivity contribution in [2.45, 2.75) is 52.9 Å². The van der Waals surface area contributed by atoms with E-state index in [0.29, 0.717) is 18.4 Å². The Balaban J connectivity index is 2.32. The smallest absolute Gasteiger partial charge is 0.409 e. The second kappa shape index (κ2) is 7.57. The highest BCUT2D eigenvalue weighted by Gasteiger charge is 2.20. The zero-order chi connectivity index (χ0) is 12.7. The average molecular weight is 241 g/mol. The summed E-state index contributed by atoms with van der Waals surface area (Å²) in [6.45, 7) is 8.32. The number of nitrogens with zero attached hydrogens (tertiary/aromatic N) is 1. The second-order valence-electron chi connectivity index (χ2n) is 5.51. The number of amides is 1. The van der Waals surface area contributed by atoms with E-state index in [1.165, 1.54) is 32.1 Å². The second-order valence-corrected chi connectivity index (χ2v) is 5.51. The zero-order valence-electron chi connectivity index (χ0n) is 11.6. The molecule has 0 unspecified atom stereocenters. The molecule has 1 rings (SSSR count). The number of ether oxygens (including phenoxy) is 1. The van der Waals surface area contributed by atoms with Crippen molar-refractivity contribution in [3.8, 4) is 0 Å². The summed E-state index contributed by atoms with van der Waals surface area (Å²) < 4.78 is 5.29. The summed E-state index contributed by atoms with van der Waals surface area (Å²) in [6.07, 6.45) is 6.42. The van der Waals surface area contributed by atoms with Crippen LogP contribution in [0, 0.1) is 11.8 Å². The predicted molar refractivity (Wildman–Crippen MR) is 70.0 cm³/mol. The minimum atomic E-state index is -0.133. The van der Waals surface area contributed by atoms with E-state index in [9.17, 15) is 4.79 Å². The van der Waals surface area contributed by atoms with Gasteiger partial charge in [0, 0.05) is 13.1 Å². The van der Waals surface area contributed by atoms with Crippen molar-refractivity contribution in [1.82, 2.24) is 4.90 Å². The van der Waals surface area contributed by atoms with Crippen molar-refractivity contribution in [3.05, 3.63) is 0 Å². The van der Waals surface area contributed by atoms with E-state index >= 15 is 0 Å². The summed E-state index contributed by atoms with van der Waals surface area (Å²) >= 11 is 0. The van der Waals surface area contributed by atoms with E-state index in [2.05, 4.69) is 13.8 Å². The summed E-state index contributed by atoms with van der Waals surface area (Å²) in [5, 5.41) is 0. The van der Waals surface area contributed by atoms with Crippen LogP contribution in [-0.4, -0.2) is 30.7 Å². The predicted octanol–water partition coefficient (Wildman–Crippen LogP) is 3.68. The van der Waals surface area contributed by atoms with E-state index in [1.54, 1.807) is 0 Å². The van der Waals surface area contributed by atoms with Gasteiger partial charge in [-0.2, -0.15) is 0 Å². The summed E-state index contributed by atoms with van der Waals surface area (Å²) in [4.78, 5) is 13.7. The fraction of sp³-hybridized carbons (Fsp3) is 0.929. The normalized spacial score (nSPS) is 17.2. The molecule has 17 heavy (non-hydrogen) atoms. The lowest BCUT2D eigenvalue weighted by Gasteiger charge is -2.28. The van der Waals surface area contributed by atoms with Crippen LogP contribution in [0.5, 0.6) is 0 Å². The van der Waals surface area contributed by atoms with Gasteiger partial charge in [-0.1, -0.05) is 33.1 Å². The topological polar surface area (TPSA) is 29.5 Å². The molecule has 1 aliphatic carbocycles. The Morgan fingerprint density at radius 3 is 2.47 bits per heavy atom. The molecule has 1 fully saturated rings. The maximum atomic E-state index is 11.9. The van der Waals surface area contributed by atoms with Gasteiger partial charge in [-0.15, -0.1) is 0 Å². The molecule has 0 aromatic carbocycles. The molecule has 0 spiro atoms. The fourth-order valence-electron chi connectivity index (χ4n) is 2.34. The number of carbonyl (C=O) groups is 1. The van der Waals surface area contributed by atoms with Crippen molar-refractivity contribution in [2.24, 2.45) is 11.8 Å². The van der Waals surface area contributed by atoms with Crippen molar-refractivity contribution < 1.29 is 9.53 Å². The Hall–Kier alpha value is -0.730. The number of carbonyl (C=O) groups excluding carboxylic acids is 1. The van der Waals surface area contributed by atoms with Crippen LogP contribution >= 0.6 is 0 Å². The lowest BCUT2D eigenvalue weighted by Crippen LogP contribution is -2.36. The maximum absolute atomic E-state index is 11.9. The molecule has 0 heterocycles. The molecule has 3 heteroatoms. The van der Waals surface area contributed by atoms with Crippen molar-refractivity contribution >= 4 is 6.09 Å². The van der Waals surface area contributed by atoms with Crippen molar-refractivity contribution in [1.29, 1.82) is 0 Å². The van der Waals surface area contributed by atoms with Gasteiger partial charge in [-0.3, -0.25) is 0 Å². The molecule has 0 aromatic rings. The number of hydrogen-bond donors (Lipinski definition) is 0. The summed E-state index contributed by atoms with van der Waals surface area (Å²) in [6, 6.07) is 0. The van der Waals surface area contributed by atoms with E-state index in [1.807, 2.05) is 11.8 Å². The van der Waals surface area contributed by atoms with E-state index in [-0.39, 0.29) is 6.09 Å². The van der Waals surface area contributed by atoms with Gasteiger partial charge in [0.2, 0.25) is 0 Å². The Morgan fingerprint density at radius 2 is 1.94 bits per heavy atom. The fourth-order valence-corrected chi connectivity index (χ4v) is 2.34. The largest absolute Gasteiger partial charge is 0.449 e. The first kappa shape index (κ1) is 14.3. The van der Waals surface area contributed by atoms with Gasteiger partial charge in [0.1, 0.15) is 0 Å². The first-order valence-corrected chi connectivity index (χ1v) is 7.05. The van der Waals surface area contributed by atoms with E-state index in [0.717, 1.165) is 13.1 Å². The average Bonchev–Trinajstić information content (AvgIpc) is 2.34. The highest BCUT2D eigenvalue weighted by atomic mass is 16.6. The monoisotopic (exact) mass is 241 g/mol. The van der Waals surface area contributed by atoms with Gasteiger partial charge < -0.3 is 9.64 Å². The molecule has 1 aliphatic rings. The Labute approximate surface area is 106 Å². The minimum Gasteiger partial charge on any atom is -0.449 e. The van der Waals surface area contributed by atoms with E-state index < -0.39 is 0 Å². The molecular weight excluding hydrogens is 214 g/mol. The van der Waals surface area contributed by atoms with Crippen molar-refractivity contribution in [2.75, 3.05) is 19.7 Å². The number of rotatable bonds is 5. The van der Waals surface area contributed by atoms with Crippen LogP contribution in [0.3, 0.4) is 0 Å². The standard InChI is InChI=1S/C14H27NO2/c1-4-15(14(16)17-11-12(2)3)10-13-8-6-5-7-9-13/h12-13H,4-11H2,1-3H3. The van der Waals surface area contributed by atoms with E-state index in [4.69, 9.17) is 4.74 Å². The third-order valence-electron chi connectivity index (χ3n) is 3.38. The van der Waals surface area contributed by atoms with Crippen LogP contribution in [0.2, 0.25) is 0 Å². The molecule has 0 bridgehead atoms. The van der Waals surface area contributed by atoms with Gasteiger partial charge >= 0.3 is 6.09 Å². The molecule has 0 aromatic heterocycles. The molecule has 1 saturated carbocycles. The van der Waals surface area contributed by atoms with Gasteiger partial charge in [0.25, 0.3) is 0 Å². The van der Waals surface area contributed by atoms with Crippen LogP contribution in [-0.2, 0) is 4.74 Å². The van der Waals surface area contributed by atoms with Gasteiger partial charge in [-0.25, -0.2) is 4.79 Å². The molecule has 3 nitrogen and oxygen atoms in total. The molecule has 0 atom stereocenters. The molecular formula is C14H27NO2. The third kappa shape index (κ3) is 5.42. The first-order chi connectivity index (χ1) is 8.13. The first-order valence-electron chi connectivity index (χ1n) is 7.05. The summed E-state index contributed by atoms with van der Waals surface area (Å²) in [5.41, 5.74) is 0. The van der Waals surface area contributed by atoms with Gasteiger partial charge in [0.15, 0.2) is 0 Å². The van der Waals surface area contributed by atoms with Crippen LogP contribution < -0.4 is 0 Å². The van der Waals surface area contributed by atoms with Gasteiger partial charge in [-0.05, 0) is 31.6 Å². The molecule has 0 saturated heterocycles. The third-order valence-corrected chi connectivity index (χ3v) is 3.38. The summed E-state index contributed by atoms with van der Waals surface area (Å²) in [7, 11) is 0. The molecule has 0 N–H and O–H groups in total. The minimum absolute atomic E-state index is 0.133. The molecule has 0 aliphatic heterocycles. The molecule has 0 radical (unpaired) electrons. The van der Waals surface area contributed by atoms with Crippen LogP contribution in [0.15, 0.2) is 0 Å². The Bertz CT molecular complexity index is 222. The SMILES string of the molecule is CCN(CC1CCCCC1)C(=O)OCC(C)C. The summed E-state index contributed by atoms with van der Waals surface area (Å²) in [5.74, 6) is 1.10. The molecule has 1 amide bonds. The van der Waals surface area contributed by atoms with Crippen molar-refractivity contribution in [3.63, 3.8) is 0 Å². The lowest BCUT2D eigenvalue weighted by molar-refractivity contribution is 0.0855. The van der Waals surface area contributed by atoms with Crippen LogP contribution in [0.4, 0.5) is 4.79 Å². The van der Waals surface area contributed by atoms with Crippen LogP contribution in [0.25, 0.3) is 0 Å². The number of hydrogen-bond acceptors (Lipinski definition) is 2. The highest BCUT2D eigenvalue weighted by molar-refractivity contribution is 5.67. The zero-order valence-corrected chi connectivity index (χ0v) is 11.6. The highest BCUT2D eigenvalue weighted by Crippen LogP contribution is 2.24. The Kier molecular flexibility index (Phi) is 6.38. The molecule has 100 valence electrons. The Morgan fingerprint density at radius 1 is 1.29 bits per heavy atom. The quantitative estimate of drug-likeness (QED) is 0.735. The van der Waals surface area contributed by atoms with Crippen LogP contribution in [0.1, 0.15) is 52.9 Å². The maximum Gasteiger partial charge on any atom is 0.409 e. The van der Waals surface area contributed by atoms with Gasteiger partial charge in [0.05, 0.1) is 6.61 Å². The lowest BCUT2D eigenvalue weighted by atomic mass is 9.89.